The molecule has 0 aliphatic carbocycles. The van der Waals surface area contributed by atoms with Gasteiger partial charge in [0.1, 0.15) is 0 Å². The summed E-state index contributed by atoms with van der Waals surface area (Å²) in [6.45, 7) is 1.82. The minimum Gasteiger partial charge on any atom is -0.382 e. The lowest BCUT2D eigenvalue weighted by atomic mass is 10.1. The Bertz CT molecular complexity index is 534. The zero-order valence-electron chi connectivity index (χ0n) is 10.2. The van der Waals surface area contributed by atoms with Crippen LogP contribution in [0.1, 0.15) is 15.9 Å². The van der Waals surface area contributed by atoms with Gasteiger partial charge in [0.2, 0.25) is 0 Å². The van der Waals surface area contributed by atoms with Crippen LogP contribution in [0, 0.1) is 6.92 Å². The van der Waals surface area contributed by atoms with Crippen molar-refractivity contribution >= 4 is 16.0 Å². The van der Waals surface area contributed by atoms with Gasteiger partial charge in [-0.2, -0.15) is 8.42 Å². The van der Waals surface area contributed by atoms with Gasteiger partial charge in [-0.05, 0) is 19.1 Å². The number of amides is 1. The number of hydrogen-bond acceptors (Lipinski definition) is 4. The van der Waals surface area contributed by atoms with Gasteiger partial charge in [-0.1, -0.05) is 11.6 Å². The molecule has 0 bridgehead atoms. The maximum absolute atomic E-state index is 11.9. The van der Waals surface area contributed by atoms with E-state index in [1.54, 1.807) is 26.2 Å². The van der Waals surface area contributed by atoms with Gasteiger partial charge in [-0.3, -0.25) is 4.79 Å². The maximum atomic E-state index is 11.9. The molecule has 1 aromatic rings. The van der Waals surface area contributed by atoms with Crippen molar-refractivity contribution in [3.8, 4) is 5.75 Å². The Morgan fingerprint density at radius 3 is 2.35 bits per heavy atom. The van der Waals surface area contributed by atoms with Crippen LogP contribution < -0.4 is 4.18 Å². The highest BCUT2D eigenvalue weighted by Gasteiger charge is 2.17. The van der Waals surface area contributed by atoms with Crippen LogP contribution in [0.15, 0.2) is 18.2 Å². The smallest absolute Gasteiger partial charge is 0.306 e. The van der Waals surface area contributed by atoms with Crippen molar-refractivity contribution in [1.82, 2.24) is 4.90 Å². The molecule has 0 heterocycles. The first-order valence-corrected chi connectivity index (χ1v) is 6.74. The number of aryl methyl sites for hydroxylation is 1. The van der Waals surface area contributed by atoms with E-state index in [1.807, 2.05) is 6.92 Å². The van der Waals surface area contributed by atoms with E-state index in [0.29, 0.717) is 0 Å². The second kappa shape index (κ2) is 4.75. The molecule has 0 aliphatic rings. The van der Waals surface area contributed by atoms with Gasteiger partial charge in [0.15, 0.2) is 5.75 Å². The molecule has 0 saturated heterocycles. The van der Waals surface area contributed by atoms with Gasteiger partial charge in [0.05, 0.1) is 11.8 Å². The van der Waals surface area contributed by atoms with Crippen LogP contribution in [0.4, 0.5) is 0 Å². The predicted molar refractivity (Wildman–Crippen MR) is 64.7 cm³/mol. The first kappa shape index (κ1) is 13.5. The molecule has 0 saturated carbocycles. The molecule has 6 heteroatoms. The van der Waals surface area contributed by atoms with E-state index in [1.165, 1.54) is 11.0 Å². The van der Waals surface area contributed by atoms with Crippen molar-refractivity contribution < 1.29 is 17.4 Å². The van der Waals surface area contributed by atoms with Crippen LogP contribution in [0.5, 0.6) is 5.75 Å². The molecule has 17 heavy (non-hydrogen) atoms. The van der Waals surface area contributed by atoms with E-state index < -0.39 is 10.1 Å². The van der Waals surface area contributed by atoms with Gasteiger partial charge in [0, 0.05) is 14.1 Å². The minimum absolute atomic E-state index is 0.0526. The lowest BCUT2D eigenvalue weighted by Gasteiger charge is -2.14. The fraction of sp³-hybridized carbons (Fsp3) is 0.364. The Morgan fingerprint density at radius 1 is 1.29 bits per heavy atom. The summed E-state index contributed by atoms with van der Waals surface area (Å²) in [6, 6.07) is 4.77. The zero-order chi connectivity index (χ0) is 13.2. The summed E-state index contributed by atoms with van der Waals surface area (Å²) < 4.78 is 27.0. The highest BCUT2D eigenvalue weighted by Crippen LogP contribution is 2.22. The second-order valence-electron chi connectivity index (χ2n) is 3.99. The Labute approximate surface area is 101 Å². The fourth-order valence-electron chi connectivity index (χ4n) is 1.29. The van der Waals surface area contributed by atoms with Gasteiger partial charge in [0.25, 0.3) is 5.91 Å². The van der Waals surface area contributed by atoms with Crippen LogP contribution in [0.3, 0.4) is 0 Å². The Kier molecular flexibility index (Phi) is 3.77. The number of carbonyl (C=O) groups excluding carboxylic acids is 1. The Balaban J connectivity index is 3.26. The second-order valence-corrected chi connectivity index (χ2v) is 5.56. The van der Waals surface area contributed by atoms with E-state index in [4.69, 9.17) is 4.18 Å². The van der Waals surface area contributed by atoms with Crippen molar-refractivity contribution in [2.24, 2.45) is 0 Å². The SMILES string of the molecule is Cc1ccc(OS(C)(=O)=O)c(C(=O)N(C)C)c1. The van der Waals surface area contributed by atoms with Gasteiger partial charge in [-0.15, -0.1) is 0 Å². The van der Waals surface area contributed by atoms with Gasteiger partial charge in [-0.25, -0.2) is 0 Å². The third-order valence-electron chi connectivity index (χ3n) is 2.01. The first-order chi connectivity index (χ1) is 7.70. The molecule has 5 nitrogen and oxygen atoms in total. The third kappa shape index (κ3) is 3.74. The van der Waals surface area contributed by atoms with E-state index in [2.05, 4.69) is 0 Å². The zero-order valence-corrected chi connectivity index (χ0v) is 11.0. The van der Waals surface area contributed by atoms with Crippen LogP contribution in [-0.4, -0.2) is 39.6 Å². The largest absolute Gasteiger partial charge is 0.382 e. The summed E-state index contributed by atoms with van der Waals surface area (Å²) >= 11 is 0. The number of nitrogens with zero attached hydrogens (tertiary/aromatic N) is 1. The summed E-state index contributed by atoms with van der Waals surface area (Å²) in [5, 5.41) is 0. The van der Waals surface area contributed by atoms with Gasteiger partial charge >= 0.3 is 10.1 Å². The quantitative estimate of drug-likeness (QED) is 0.759. The van der Waals surface area contributed by atoms with Crippen LogP contribution in [0.2, 0.25) is 0 Å². The molecule has 1 rings (SSSR count). The Morgan fingerprint density at radius 2 is 1.88 bits per heavy atom. The lowest BCUT2D eigenvalue weighted by Crippen LogP contribution is -2.23. The summed E-state index contributed by atoms with van der Waals surface area (Å²) in [7, 11) is -0.458. The number of benzene rings is 1. The lowest BCUT2D eigenvalue weighted by molar-refractivity contribution is 0.0826. The highest BCUT2D eigenvalue weighted by atomic mass is 32.2. The van der Waals surface area contributed by atoms with E-state index in [0.717, 1.165) is 11.8 Å². The summed E-state index contributed by atoms with van der Waals surface area (Å²) in [6.07, 6.45) is 0.941. The molecular formula is C11H15NO4S. The Hall–Kier alpha value is -1.56. The van der Waals surface area contributed by atoms with E-state index >= 15 is 0 Å². The number of hydrogen-bond donors (Lipinski definition) is 0. The van der Waals surface area contributed by atoms with E-state index in [-0.39, 0.29) is 17.2 Å². The van der Waals surface area contributed by atoms with Gasteiger partial charge < -0.3 is 9.08 Å². The maximum Gasteiger partial charge on any atom is 0.306 e. The number of carbonyl (C=O) groups is 1. The standard InChI is InChI=1S/C11H15NO4S/c1-8-5-6-10(16-17(4,14)15)9(7-8)11(13)12(2)3/h5-7H,1-4H3. The fourth-order valence-corrected chi connectivity index (χ4v) is 1.76. The molecule has 0 fully saturated rings. The summed E-state index contributed by atoms with van der Waals surface area (Å²) in [4.78, 5) is 13.2. The predicted octanol–water partition coefficient (Wildman–Crippen LogP) is 1.04. The summed E-state index contributed by atoms with van der Waals surface area (Å²) in [5.74, 6) is -0.246. The third-order valence-corrected chi connectivity index (χ3v) is 2.50. The molecule has 0 aromatic heterocycles. The van der Waals surface area contributed by atoms with Crippen molar-refractivity contribution in [2.75, 3.05) is 20.4 Å². The monoisotopic (exact) mass is 257 g/mol. The van der Waals surface area contributed by atoms with Crippen LogP contribution in [-0.2, 0) is 10.1 Å². The molecule has 1 amide bonds. The topological polar surface area (TPSA) is 63.7 Å². The average Bonchev–Trinajstić information content (AvgIpc) is 2.17. The molecule has 94 valence electrons. The molecule has 1 aromatic carbocycles. The normalized spacial score (nSPS) is 11.1. The van der Waals surface area contributed by atoms with Crippen molar-refractivity contribution in [1.29, 1.82) is 0 Å². The summed E-state index contributed by atoms with van der Waals surface area (Å²) in [5.41, 5.74) is 1.09. The minimum atomic E-state index is -3.64. The first-order valence-electron chi connectivity index (χ1n) is 4.92. The van der Waals surface area contributed by atoms with Crippen molar-refractivity contribution in [3.05, 3.63) is 29.3 Å². The molecule has 0 spiro atoms. The molecule has 0 N–H and O–H groups in total. The van der Waals surface area contributed by atoms with E-state index in [9.17, 15) is 13.2 Å². The molecule has 0 unspecified atom stereocenters. The van der Waals surface area contributed by atoms with Crippen molar-refractivity contribution in [2.45, 2.75) is 6.92 Å². The van der Waals surface area contributed by atoms with Crippen molar-refractivity contribution in [3.63, 3.8) is 0 Å². The molecule has 0 atom stereocenters. The highest BCUT2D eigenvalue weighted by molar-refractivity contribution is 7.86. The molecule has 0 radical (unpaired) electrons. The number of rotatable bonds is 3. The van der Waals surface area contributed by atoms with Crippen LogP contribution in [0.25, 0.3) is 0 Å². The van der Waals surface area contributed by atoms with Crippen LogP contribution >= 0.6 is 0 Å². The molecular weight excluding hydrogens is 242 g/mol. The average molecular weight is 257 g/mol. The molecule has 0 aliphatic heterocycles.